The zero-order valence-corrected chi connectivity index (χ0v) is 14.3. The molecule has 2 heteroatoms. The average molecular weight is 324 g/mol. The van der Waals surface area contributed by atoms with Crippen molar-refractivity contribution in [3.63, 3.8) is 0 Å². The molecule has 0 amide bonds. The lowest BCUT2D eigenvalue weighted by molar-refractivity contribution is 0.567. The number of thiol groups is 1. The van der Waals surface area contributed by atoms with E-state index < -0.39 is 0 Å². The topological polar surface area (TPSA) is 12.0 Å². The maximum absolute atomic E-state index is 3.85. The maximum Gasteiger partial charge on any atom is 0.0267 e. The van der Waals surface area contributed by atoms with E-state index in [0.717, 1.165) is 5.92 Å². The van der Waals surface area contributed by atoms with Gasteiger partial charge in [-0.05, 0) is 29.7 Å². The lowest BCUT2D eigenvalue weighted by Gasteiger charge is -2.27. The second kappa shape index (κ2) is 6.94. The summed E-state index contributed by atoms with van der Waals surface area (Å²) in [5, 5.41) is 6.35. The summed E-state index contributed by atoms with van der Waals surface area (Å²) in [4.78, 5) is 0. The molecule has 2 aromatic rings. The predicted molar refractivity (Wildman–Crippen MR) is 102 cm³/mol. The van der Waals surface area contributed by atoms with E-state index >= 15 is 0 Å². The smallest absolute Gasteiger partial charge is 0.0267 e. The highest BCUT2D eigenvalue weighted by Gasteiger charge is 2.39. The molecule has 0 spiro atoms. The van der Waals surface area contributed by atoms with Crippen molar-refractivity contribution in [1.82, 2.24) is 5.32 Å². The molecule has 23 heavy (non-hydrogen) atoms. The second-order valence-corrected chi connectivity index (χ2v) is 8.96. The molecule has 120 valence electrons. The van der Waals surface area contributed by atoms with Crippen LogP contribution in [0.15, 0.2) is 72.1 Å². The molecular formula is C21H25NS. The van der Waals surface area contributed by atoms with Gasteiger partial charge in [0, 0.05) is 23.8 Å². The first kappa shape index (κ1) is 15.0. The Labute approximate surface area is 142 Å². The molecule has 4 unspecified atom stereocenters. The summed E-state index contributed by atoms with van der Waals surface area (Å²) in [6, 6.07) is 23.1. The molecule has 1 aliphatic carbocycles. The van der Waals surface area contributed by atoms with Crippen molar-refractivity contribution in [2.24, 2.45) is 0 Å². The van der Waals surface area contributed by atoms with Crippen molar-refractivity contribution >= 4 is 10.9 Å². The molecule has 1 fully saturated rings. The van der Waals surface area contributed by atoms with Gasteiger partial charge < -0.3 is 5.32 Å². The van der Waals surface area contributed by atoms with Crippen molar-refractivity contribution in [1.29, 1.82) is 0 Å². The Morgan fingerprint density at radius 2 is 1.70 bits per heavy atom. The third-order valence-electron chi connectivity index (χ3n) is 4.93. The lowest BCUT2D eigenvalue weighted by atomic mass is 10.1. The van der Waals surface area contributed by atoms with Crippen molar-refractivity contribution in [3.8, 4) is 0 Å². The van der Waals surface area contributed by atoms with Gasteiger partial charge in [0.15, 0.2) is 0 Å². The number of hydrogen-bond acceptors (Lipinski definition) is 1. The van der Waals surface area contributed by atoms with Gasteiger partial charge in [0.25, 0.3) is 0 Å². The number of benzene rings is 2. The second-order valence-electron chi connectivity index (χ2n) is 6.72. The largest absolute Gasteiger partial charge is 0.307 e. The molecule has 0 bridgehead atoms. The minimum atomic E-state index is 0.0453. The summed E-state index contributed by atoms with van der Waals surface area (Å²) < 4.78 is 0. The van der Waals surface area contributed by atoms with E-state index in [1.165, 1.54) is 35.5 Å². The molecular weight excluding hydrogens is 298 g/mol. The minimum absolute atomic E-state index is 0.0453. The quantitative estimate of drug-likeness (QED) is 0.765. The molecule has 4 atom stereocenters. The van der Waals surface area contributed by atoms with E-state index in [-0.39, 0.29) is 10.9 Å². The van der Waals surface area contributed by atoms with Gasteiger partial charge in [-0.3, -0.25) is 0 Å². The number of hydrogen-bond donors (Lipinski definition) is 2. The van der Waals surface area contributed by atoms with E-state index in [4.69, 9.17) is 0 Å². The molecule has 2 aromatic carbocycles. The van der Waals surface area contributed by atoms with E-state index in [9.17, 15) is 0 Å². The normalized spacial score (nSPS) is 31.0. The molecule has 0 saturated heterocycles. The summed E-state index contributed by atoms with van der Waals surface area (Å²) in [6.45, 7) is 0. The Bertz CT molecular complexity index is 652. The summed E-state index contributed by atoms with van der Waals surface area (Å²) in [7, 11) is 0.0453. The fourth-order valence-corrected chi connectivity index (χ4v) is 5.67. The first-order valence-corrected chi connectivity index (χ1v) is 10.4. The Morgan fingerprint density at radius 1 is 0.957 bits per heavy atom. The lowest BCUT2D eigenvalue weighted by Crippen LogP contribution is -2.32. The maximum atomic E-state index is 3.85. The van der Waals surface area contributed by atoms with Crippen LogP contribution in [0.25, 0.3) is 0 Å². The molecule has 1 saturated carbocycles. The van der Waals surface area contributed by atoms with Gasteiger partial charge in [-0.1, -0.05) is 72.1 Å². The molecule has 0 radical (unpaired) electrons. The Hall–Kier alpha value is -1.51. The third kappa shape index (κ3) is 3.88. The Balaban J connectivity index is 1.28. The molecule has 1 aliphatic heterocycles. The van der Waals surface area contributed by atoms with Crippen LogP contribution in [0.4, 0.5) is 0 Å². The highest BCUT2D eigenvalue weighted by atomic mass is 32.2. The first-order valence-electron chi connectivity index (χ1n) is 8.66. The van der Waals surface area contributed by atoms with Crippen LogP contribution in [-0.2, 0) is 5.75 Å². The summed E-state index contributed by atoms with van der Waals surface area (Å²) in [5.74, 6) is 3.34. The van der Waals surface area contributed by atoms with Gasteiger partial charge in [0.1, 0.15) is 0 Å². The fraction of sp³-hybridized carbons (Fsp3) is 0.333. The summed E-state index contributed by atoms with van der Waals surface area (Å²) in [5.41, 5.74) is 2.98. The Kier molecular flexibility index (Phi) is 4.54. The zero-order chi connectivity index (χ0) is 15.5. The van der Waals surface area contributed by atoms with Crippen LogP contribution in [0.5, 0.6) is 0 Å². The Morgan fingerprint density at radius 3 is 2.39 bits per heavy atom. The third-order valence-corrected chi connectivity index (χ3v) is 7.13. The molecule has 1 N–H and O–H groups in total. The van der Waals surface area contributed by atoms with Gasteiger partial charge in [0.05, 0.1) is 0 Å². The van der Waals surface area contributed by atoms with Crippen molar-refractivity contribution in [3.05, 3.63) is 83.3 Å². The van der Waals surface area contributed by atoms with E-state index in [0.29, 0.717) is 12.1 Å². The molecule has 2 aliphatic rings. The fourth-order valence-electron chi connectivity index (χ4n) is 3.51. The van der Waals surface area contributed by atoms with Crippen LogP contribution in [0.3, 0.4) is 0 Å². The van der Waals surface area contributed by atoms with Crippen LogP contribution in [0.1, 0.15) is 29.9 Å². The van der Waals surface area contributed by atoms with E-state index in [1.807, 2.05) is 0 Å². The minimum Gasteiger partial charge on any atom is -0.307 e. The van der Waals surface area contributed by atoms with E-state index in [1.54, 1.807) is 0 Å². The highest BCUT2D eigenvalue weighted by molar-refractivity contribution is 8.18. The standard InChI is InChI=1S/C21H25NS/c1-3-7-17(8-4-1)16-23-13-11-19(12-14-23)22-21-15-20(21)18-9-5-2-6-10-18/h1-11,13,19-23H,12,14-16H2. The zero-order valence-electron chi connectivity index (χ0n) is 13.4. The molecule has 1 heterocycles. The van der Waals surface area contributed by atoms with Crippen LogP contribution < -0.4 is 5.32 Å². The number of nitrogens with one attached hydrogen (secondary N) is 1. The van der Waals surface area contributed by atoms with Crippen molar-refractivity contribution < 1.29 is 0 Å². The van der Waals surface area contributed by atoms with E-state index in [2.05, 4.69) is 77.5 Å². The SMILES string of the molecule is C1=C[SH](Cc2ccccc2)CCC1NC1CC1c1ccccc1. The summed E-state index contributed by atoms with van der Waals surface area (Å²) in [6.07, 6.45) is 5.04. The number of rotatable bonds is 5. The van der Waals surface area contributed by atoms with Gasteiger partial charge >= 0.3 is 0 Å². The van der Waals surface area contributed by atoms with Crippen LogP contribution in [0.2, 0.25) is 0 Å². The van der Waals surface area contributed by atoms with Crippen molar-refractivity contribution in [2.75, 3.05) is 5.75 Å². The van der Waals surface area contributed by atoms with Crippen molar-refractivity contribution in [2.45, 2.75) is 36.6 Å². The molecule has 0 aromatic heterocycles. The van der Waals surface area contributed by atoms with Gasteiger partial charge in [-0.25, -0.2) is 10.9 Å². The van der Waals surface area contributed by atoms with Gasteiger partial charge in [-0.2, -0.15) is 0 Å². The van der Waals surface area contributed by atoms with Gasteiger partial charge in [0.2, 0.25) is 0 Å². The van der Waals surface area contributed by atoms with Crippen LogP contribution >= 0.6 is 10.9 Å². The average Bonchev–Trinajstić information content (AvgIpc) is 3.38. The molecule has 1 nitrogen and oxygen atoms in total. The first-order chi connectivity index (χ1) is 11.4. The predicted octanol–water partition coefficient (Wildman–Crippen LogP) is 4.62. The van der Waals surface area contributed by atoms with Crippen LogP contribution in [0, 0.1) is 0 Å². The highest BCUT2D eigenvalue weighted by Crippen LogP contribution is 2.42. The summed E-state index contributed by atoms with van der Waals surface area (Å²) >= 11 is 0. The molecule has 4 rings (SSSR count). The monoisotopic (exact) mass is 323 g/mol. The van der Waals surface area contributed by atoms with Crippen LogP contribution in [-0.4, -0.2) is 17.8 Å². The van der Waals surface area contributed by atoms with Gasteiger partial charge in [-0.15, -0.1) is 0 Å².